The molecule has 0 spiro atoms. The van der Waals surface area contributed by atoms with Crippen LogP contribution in [0.25, 0.3) is 0 Å². The first-order chi connectivity index (χ1) is 12.2. The van der Waals surface area contributed by atoms with E-state index in [1.165, 1.54) is 0 Å². The van der Waals surface area contributed by atoms with Gasteiger partial charge in [-0.1, -0.05) is 60.7 Å². The molecule has 25 heavy (non-hydrogen) atoms. The summed E-state index contributed by atoms with van der Waals surface area (Å²) in [5.74, 6) is 1.31. The van der Waals surface area contributed by atoms with E-state index in [1.807, 2.05) is 91.9 Å². The summed E-state index contributed by atoms with van der Waals surface area (Å²) in [5.41, 5.74) is 1.66. The summed E-state index contributed by atoms with van der Waals surface area (Å²) in [6.45, 7) is 1.95. The number of nitrogens with one attached hydrogen (secondary N) is 2. The number of ether oxygens (including phenoxy) is 1. The molecule has 0 bridgehead atoms. The zero-order valence-electron chi connectivity index (χ0n) is 14.0. The molecule has 126 valence electrons. The fourth-order valence-corrected chi connectivity index (χ4v) is 2.45. The van der Waals surface area contributed by atoms with Gasteiger partial charge in [-0.05, 0) is 36.8 Å². The van der Waals surface area contributed by atoms with Crippen molar-refractivity contribution in [1.29, 1.82) is 0 Å². The minimum Gasteiger partial charge on any atom is -0.455 e. The molecule has 0 saturated heterocycles. The lowest BCUT2D eigenvalue weighted by Crippen LogP contribution is -2.31. The maximum absolute atomic E-state index is 12.3. The SMILES string of the molecule is CC(NC(=O)Nc1ccccc1Oc1ccccc1)c1ccccc1. The normalized spacial score (nSPS) is 11.4. The Bertz CT molecular complexity index is 820. The standard InChI is InChI=1S/C21H20N2O2/c1-16(17-10-4-2-5-11-17)22-21(24)23-19-14-8-9-15-20(19)25-18-12-6-3-7-13-18/h2-16H,1H3,(H2,22,23,24). The molecule has 3 aromatic rings. The van der Waals surface area contributed by atoms with Crippen molar-refractivity contribution in [3.63, 3.8) is 0 Å². The van der Waals surface area contributed by atoms with Crippen LogP contribution in [0.4, 0.5) is 10.5 Å². The Kier molecular flexibility index (Phi) is 5.32. The first-order valence-electron chi connectivity index (χ1n) is 8.17. The van der Waals surface area contributed by atoms with Gasteiger partial charge in [-0.25, -0.2) is 4.79 Å². The highest BCUT2D eigenvalue weighted by Gasteiger charge is 2.11. The maximum Gasteiger partial charge on any atom is 0.319 e. The number of carbonyl (C=O) groups is 1. The monoisotopic (exact) mass is 332 g/mol. The molecule has 0 fully saturated rings. The van der Waals surface area contributed by atoms with Gasteiger partial charge in [-0.2, -0.15) is 0 Å². The van der Waals surface area contributed by atoms with E-state index in [0.717, 1.165) is 11.3 Å². The van der Waals surface area contributed by atoms with Crippen LogP contribution in [-0.4, -0.2) is 6.03 Å². The third kappa shape index (κ3) is 4.61. The number of carbonyl (C=O) groups excluding carboxylic acids is 1. The third-order valence-electron chi connectivity index (χ3n) is 3.75. The summed E-state index contributed by atoms with van der Waals surface area (Å²) in [5, 5.41) is 5.79. The van der Waals surface area contributed by atoms with Gasteiger partial charge in [0.25, 0.3) is 0 Å². The largest absolute Gasteiger partial charge is 0.455 e. The lowest BCUT2D eigenvalue weighted by molar-refractivity contribution is 0.249. The van der Waals surface area contributed by atoms with Crippen LogP contribution in [0.15, 0.2) is 84.9 Å². The molecule has 0 aliphatic rings. The molecule has 4 nitrogen and oxygen atoms in total. The minimum atomic E-state index is -0.277. The molecule has 4 heteroatoms. The topological polar surface area (TPSA) is 50.4 Å². The van der Waals surface area contributed by atoms with Crippen LogP contribution >= 0.6 is 0 Å². The quantitative estimate of drug-likeness (QED) is 0.660. The second kappa shape index (κ2) is 8.02. The molecule has 1 unspecified atom stereocenters. The van der Waals surface area contributed by atoms with Crippen LogP contribution in [0.2, 0.25) is 0 Å². The van der Waals surface area contributed by atoms with Crippen molar-refractivity contribution in [2.45, 2.75) is 13.0 Å². The molecule has 0 radical (unpaired) electrons. The predicted molar refractivity (Wildman–Crippen MR) is 100.0 cm³/mol. The zero-order valence-corrected chi connectivity index (χ0v) is 14.0. The van der Waals surface area contributed by atoms with Crippen molar-refractivity contribution >= 4 is 11.7 Å². The van der Waals surface area contributed by atoms with Crippen molar-refractivity contribution in [2.24, 2.45) is 0 Å². The molecule has 0 heterocycles. The van der Waals surface area contributed by atoms with E-state index in [0.29, 0.717) is 11.4 Å². The van der Waals surface area contributed by atoms with E-state index in [4.69, 9.17) is 4.74 Å². The average molecular weight is 332 g/mol. The summed E-state index contributed by atoms with van der Waals surface area (Å²) in [7, 11) is 0. The Balaban J connectivity index is 1.67. The minimum absolute atomic E-state index is 0.0941. The van der Waals surface area contributed by atoms with Gasteiger partial charge >= 0.3 is 6.03 Å². The molecular weight excluding hydrogens is 312 g/mol. The van der Waals surface area contributed by atoms with Gasteiger partial charge in [-0.15, -0.1) is 0 Å². The van der Waals surface area contributed by atoms with Crippen molar-refractivity contribution in [2.75, 3.05) is 5.32 Å². The number of hydrogen-bond acceptors (Lipinski definition) is 2. The molecule has 2 N–H and O–H groups in total. The highest BCUT2D eigenvalue weighted by Crippen LogP contribution is 2.29. The lowest BCUT2D eigenvalue weighted by Gasteiger charge is -2.16. The van der Waals surface area contributed by atoms with Gasteiger partial charge in [-0.3, -0.25) is 0 Å². The molecule has 0 aromatic heterocycles. The highest BCUT2D eigenvalue weighted by molar-refractivity contribution is 5.91. The van der Waals surface area contributed by atoms with Crippen LogP contribution in [-0.2, 0) is 0 Å². The number of para-hydroxylation sites is 3. The van der Waals surface area contributed by atoms with Crippen LogP contribution in [0.5, 0.6) is 11.5 Å². The Morgan fingerprint density at radius 2 is 1.44 bits per heavy atom. The fourth-order valence-electron chi connectivity index (χ4n) is 2.45. The first kappa shape index (κ1) is 16.6. The number of benzene rings is 3. The average Bonchev–Trinajstić information content (AvgIpc) is 2.65. The number of hydrogen-bond donors (Lipinski definition) is 2. The van der Waals surface area contributed by atoms with Gasteiger partial charge in [0.1, 0.15) is 5.75 Å². The maximum atomic E-state index is 12.3. The third-order valence-corrected chi connectivity index (χ3v) is 3.75. The summed E-state index contributed by atoms with van der Waals surface area (Å²) >= 11 is 0. The van der Waals surface area contributed by atoms with Crippen LogP contribution in [0.3, 0.4) is 0 Å². The van der Waals surface area contributed by atoms with Crippen molar-refractivity contribution < 1.29 is 9.53 Å². The van der Waals surface area contributed by atoms with Gasteiger partial charge in [0.2, 0.25) is 0 Å². The van der Waals surface area contributed by atoms with Crippen molar-refractivity contribution in [3.05, 3.63) is 90.5 Å². The van der Waals surface area contributed by atoms with Gasteiger partial charge in [0.05, 0.1) is 11.7 Å². The van der Waals surface area contributed by atoms with E-state index >= 15 is 0 Å². The van der Waals surface area contributed by atoms with Crippen LogP contribution in [0.1, 0.15) is 18.5 Å². The van der Waals surface area contributed by atoms with Crippen molar-refractivity contribution in [1.82, 2.24) is 5.32 Å². The van der Waals surface area contributed by atoms with Gasteiger partial charge < -0.3 is 15.4 Å². The summed E-state index contributed by atoms with van der Waals surface area (Å²) < 4.78 is 5.86. The number of anilines is 1. The zero-order chi connectivity index (χ0) is 17.5. The molecule has 0 saturated carbocycles. The number of amides is 2. The molecule has 0 aliphatic heterocycles. The highest BCUT2D eigenvalue weighted by atomic mass is 16.5. The van der Waals surface area contributed by atoms with Crippen molar-refractivity contribution in [3.8, 4) is 11.5 Å². The fraction of sp³-hybridized carbons (Fsp3) is 0.0952. The Labute approximate surface area is 147 Å². The lowest BCUT2D eigenvalue weighted by atomic mass is 10.1. The first-order valence-corrected chi connectivity index (χ1v) is 8.17. The molecule has 1 atom stereocenters. The summed E-state index contributed by atoms with van der Waals surface area (Å²) in [6, 6.07) is 26.3. The Morgan fingerprint density at radius 3 is 2.16 bits per heavy atom. The van der Waals surface area contributed by atoms with E-state index in [-0.39, 0.29) is 12.1 Å². The number of urea groups is 1. The van der Waals surface area contributed by atoms with Gasteiger partial charge in [0, 0.05) is 0 Å². The second-order valence-electron chi connectivity index (χ2n) is 5.64. The molecule has 3 rings (SSSR count). The van der Waals surface area contributed by atoms with E-state index in [2.05, 4.69) is 10.6 Å². The smallest absolute Gasteiger partial charge is 0.319 e. The predicted octanol–water partition coefficient (Wildman–Crippen LogP) is 5.36. The van der Waals surface area contributed by atoms with Crippen LogP contribution in [0, 0.1) is 0 Å². The molecular formula is C21H20N2O2. The Morgan fingerprint density at radius 1 is 0.840 bits per heavy atom. The van der Waals surface area contributed by atoms with E-state index in [1.54, 1.807) is 0 Å². The van der Waals surface area contributed by atoms with Crippen LogP contribution < -0.4 is 15.4 Å². The molecule has 3 aromatic carbocycles. The molecule has 0 aliphatic carbocycles. The molecule has 2 amide bonds. The number of rotatable bonds is 5. The summed E-state index contributed by atoms with van der Waals surface area (Å²) in [4.78, 5) is 12.3. The van der Waals surface area contributed by atoms with E-state index < -0.39 is 0 Å². The van der Waals surface area contributed by atoms with Gasteiger partial charge in [0.15, 0.2) is 5.75 Å². The summed E-state index contributed by atoms with van der Waals surface area (Å²) in [6.07, 6.45) is 0. The Hall–Kier alpha value is -3.27. The second-order valence-corrected chi connectivity index (χ2v) is 5.64. The van der Waals surface area contributed by atoms with E-state index in [9.17, 15) is 4.79 Å².